The van der Waals surface area contributed by atoms with Crippen molar-refractivity contribution in [3.05, 3.63) is 0 Å². The van der Waals surface area contributed by atoms with E-state index in [0.717, 1.165) is 32.5 Å². The number of likely N-dealkylation sites (tertiary alicyclic amines) is 1. The van der Waals surface area contributed by atoms with E-state index in [4.69, 9.17) is 0 Å². The third kappa shape index (κ3) is 5.93. The Morgan fingerprint density at radius 3 is 2.60 bits per heavy atom. The number of carbonyl (C=O) groups is 1. The molecule has 1 heterocycles. The molecule has 1 saturated heterocycles. The van der Waals surface area contributed by atoms with E-state index in [-0.39, 0.29) is 0 Å². The molecule has 0 aromatic heterocycles. The molecule has 15 heavy (non-hydrogen) atoms. The number of unbranched alkanes of at least 4 members (excludes halogenated alkanes) is 5. The first kappa shape index (κ1) is 12.7. The Morgan fingerprint density at radius 1 is 1.13 bits per heavy atom. The number of piperidine rings is 1. The van der Waals surface area contributed by atoms with Gasteiger partial charge in [0.15, 0.2) is 0 Å². The van der Waals surface area contributed by atoms with Crippen LogP contribution in [-0.2, 0) is 4.79 Å². The second kappa shape index (κ2) is 7.86. The van der Waals surface area contributed by atoms with E-state index in [9.17, 15) is 4.79 Å². The topological polar surface area (TPSA) is 20.3 Å². The molecular formula is C13H25NO. The summed E-state index contributed by atoms with van der Waals surface area (Å²) in [5.74, 6) is 0.437. The van der Waals surface area contributed by atoms with Crippen molar-refractivity contribution in [3.63, 3.8) is 0 Å². The van der Waals surface area contributed by atoms with Crippen LogP contribution in [0.25, 0.3) is 0 Å². The summed E-state index contributed by atoms with van der Waals surface area (Å²) in [5, 5.41) is 0. The van der Waals surface area contributed by atoms with Crippen molar-refractivity contribution in [2.45, 2.75) is 58.3 Å². The molecule has 0 atom stereocenters. The number of ketones is 1. The zero-order valence-electron chi connectivity index (χ0n) is 10.1. The maximum absolute atomic E-state index is 11.2. The number of hydrogen-bond acceptors (Lipinski definition) is 2. The summed E-state index contributed by atoms with van der Waals surface area (Å²) in [7, 11) is 0. The minimum absolute atomic E-state index is 0.437. The van der Waals surface area contributed by atoms with E-state index in [1.54, 1.807) is 0 Å². The van der Waals surface area contributed by atoms with Crippen LogP contribution in [0.4, 0.5) is 0 Å². The van der Waals surface area contributed by atoms with Crippen LogP contribution in [0, 0.1) is 0 Å². The Bertz CT molecular complexity index is 179. The zero-order valence-corrected chi connectivity index (χ0v) is 10.1. The van der Waals surface area contributed by atoms with E-state index >= 15 is 0 Å². The van der Waals surface area contributed by atoms with E-state index in [2.05, 4.69) is 11.8 Å². The summed E-state index contributed by atoms with van der Waals surface area (Å²) in [6.45, 7) is 5.24. The highest BCUT2D eigenvalue weighted by Crippen LogP contribution is 2.09. The van der Waals surface area contributed by atoms with Gasteiger partial charge < -0.3 is 0 Å². The van der Waals surface area contributed by atoms with Gasteiger partial charge in [-0.1, -0.05) is 39.0 Å². The lowest BCUT2D eigenvalue weighted by Crippen LogP contribution is -2.36. The van der Waals surface area contributed by atoms with Crippen molar-refractivity contribution in [3.8, 4) is 0 Å². The SMILES string of the molecule is CCCCCCCCN1CCCC(=O)C1. The molecule has 0 spiro atoms. The highest BCUT2D eigenvalue weighted by atomic mass is 16.1. The van der Waals surface area contributed by atoms with E-state index < -0.39 is 0 Å². The molecule has 0 radical (unpaired) electrons. The fraction of sp³-hybridized carbons (Fsp3) is 0.923. The van der Waals surface area contributed by atoms with Gasteiger partial charge in [-0.2, -0.15) is 0 Å². The second-order valence-electron chi connectivity index (χ2n) is 4.69. The molecule has 0 saturated carbocycles. The highest BCUT2D eigenvalue weighted by Gasteiger charge is 2.15. The van der Waals surface area contributed by atoms with Gasteiger partial charge in [-0.25, -0.2) is 0 Å². The summed E-state index contributed by atoms with van der Waals surface area (Å²) in [5.41, 5.74) is 0. The van der Waals surface area contributed by atoms with Gasteiger partial charge in [0, 0.05) is 6.42 Å². The Morgan fingerprint density at radius 2 is 1.87 bits per heavy atom. The monoisotopic (exact) mass is 211 g/mol. The molecule has 0 N–H and O–H groups in total. The molecule has 1 aliphatic heterocycles. The first-order valence-electron chi connectivity index (χ1n) is 6.57. The second-order valence-corrected chi connectivity index (χ2v) is 4.69. The minimum Gasteiger partial charge on any atom is -0.298 e. The van der Waals surface area contributed by atoms with Crippen molar-refractivity contribution < 1.29 is 4.79 Å². The number of nitrogens with zero attached hydrogens (tertiary/aromatic N) is 1. The molecule has 0 aliphatic carbocycles. The van der Waals surface area contributed by atoms with Crippen LogP contribution >= 0.6 is 0 Å². The average Bonchev–Trinajstić information content (AvgIpc) is 2.23. The Balaban J connectivity index is 1.92. The molecule has 0 aromatic rings. The number of Topliss-reactive ketones (excluding diaryl/α,β-unsaturated/α-hetero) is 1. The maximum Gasteiger partial charge on any atom is 0.146 e. The van der Waals surface area contributed by atoms with Crippen molar-refractivity contribution in [1.82, 2.24) is 4.90 Å². The first-order valence-corrected chi connectivity index (χ1v) is 6.57. The van der Waals surface area contributed by atoms with Crippen LogP contribution in [-0.4, -0.2) is 30.3 Å². The lowest BCUT2D eigenvalue weighted by Gasteiger charge is -2.25. The molecule has 88 valence electrons. The molecule has 0 amide bonds. The smallest absolute Gasteiger partial charge is 0.146 e. The number of hydrogen-bond donors (Lipinski definition) is 0. The van der Waals surface area contributed by atoms with Crippen molar-refractivity contribution in [1.29, 1.82) is 0 Å². The van der Waals surface area contributed by atoms with E-state index in [0.29, 0.717) is 5.78 Å². The van der Waals surface area contributed by atoms with Crippen LogP contribution in [0.1, 0.15) is 58.3 Å². The molecule has 2 nitrogen and oxygen atoms in total. The third-order valence-electron chi connectivity index (χ3n) is 3.16. The minimum atomic E-state index is 0.437. The number of carbonyl (C=O) groups excluding carboxylic acids is 1. The molecule has 0 bridgehead atoms. The molecule has 0 aromatic carbocycles. The van der Waals surface area contributed by atoms with Crippen molar-refractivity contribution >= 4 is 5.78 Å². The summed E-state index contributed by atoms with van der Waals surface area (Å²) in [4.78, 5) is 13.5. The lowest BCUT2D eigenvalue weighted by atomic mass is 10.1. The maximum atomic E-state index is 11.2. The van der Waals surface area contributed by atoms with E-state index in [1.165, 1.54) is 38.5 Å². The van der Waals surface area contributed by atoms with Gasteiger partial charge >= 0.3 is 0 Å². The van der Waals surface area contributed by atoms with Crippen LogP contribution in [0.5, 0.6) is 0 Å². The quantitative estimate of drug-likeness (QED) is 0.603. The van der Waals surface area contributed by atoms with Crippen LogP contribution < -0.4 is 0 Å². The predicted molar refractivity (Wildman–Crippen MR) is 64.1 cm³/mol. The fourth-order valence-electron chi connectivity index (χ4n) is 2.21. The Kier molecular flexibility index (Phi) is 6.66. The molecule has 1 fully saturated rings. The number of rotatable bonds is 7. The van der Waals surface area contributed by atoms with Crippen molar-refractivity contribution in [2.75, 3.05) is 19.6 Å². The van der Waals surface area contributed by atoms with Gasteiger partial charge in [-0.3, -0.25) is 9.69 Å². The standard InChI is InChI=1S/C13H25NO/c1-2-3-4-5-6-7-10-14-11-8-9-13(15)12-14/h2-12H2,1H3. The normalized spacial score (nSPS) is 18.3. The van der Waals surface area contributed by atoms with Crippen LogP contribution in [0.15, 0.2) is 0 Å². The molecular weight excluding hydrogens is 186 g/mol. The summed E-state index contributed by atoms with van der Waals surface area (Å²) < 4.78 is 0. The largest absolute Gasteiger partial charge is 0.298 e. The summed E-state index contributed by atoms with van der Waals surface area (Å²) in [6.07, 6.45) is 9.96. The Labute approximate surface area is 94.0 Å². The van der Waals surface area contributed by atoms with Gasteiger partial charge in [0.1, 0.15) is 5.78 Å². The van der Waals surface area contributed by atoms with Crippen LogP contribution in [0.2, 0.25) is 0 Å². The van der Waals surface area contributed by atoms with E-state index in [1.807, 2.05) is 0 Å². The molecule has 1 rings (SSSR count). The zero-order chi connectivity index (χ0) is 10.9. The van der Waals surface area contributed by atoms with Gasteiger partial charge in [0.2, 0.25) is 0 Å². The van der Waals surface area contributed by atoms with Gasteiger partial charge in [-0.15, -0.1) is 0 Å². The van der Waals surface area contributed by atoms with Gasteiger partial charge in [-0.05, 0) is 25.9 Å². The van der Waals surface area contributed by atoms with Crippen LogP contribution in [0.3, 0.4) is 0 Å². The highest BCUT2D eigenvalue weighted by molar-refractivity contribution is 5.81. The molecule has 1 aliphatic rings. The van der Waals surface area contributed by atoms with Gasteiger partial charge in [0.05, 0.1) is 6.54 Å². The van der Waals surface area contributed by atoms with Crippen molar-refractivity contribution in [2.24, 2.45) is 0 Å². The lowest BCUT2D eigenvalue weighted by molar-refractivity contribution is -0.122. The predicted octanol–water partition coefficient (Wildman–Crippen LogP) is 3.01. The summed E-state index contributed by atoms with van der Waals surface area (Å²) in [6, 6.07) is 0. The molecule has 0 unspecified atom stereocenters. The van der Waals surface area contributed by atoms with Gasteiger partial charge in [0.25, 0.3) is 0 Å². The third-order valence-corrected chi connectivity index (χ3v) is 3.16. The fourth-order valence-corrected chi connectivity index (χ4v) is 2.21. The molecule has 2 heteroatoms. The average molecular weight is 211 g/mol. The Hall–Kier alpha value is -0.370. The summed E-state index contributed by atoms with van der Waals surface area (Å²) >= 11 is 0. The first-order chi connectivity index (χ1) is 7.33.